The van der Waals surface area contributed by atoms with Gasteiger partial charge in [-0.05, 0) is 51.0 Å². The normalized spacial score (nSPS) is 14.2. The number of nitrogens with one attached hydrogen (secondary N) is 1. The molecule has 20 heavy (non-hydrogen) atoms. The summed E-state index contributed by atoms with van der Waals surface area (Å²) >= 11 is 0. The van der Waals surface area contributed by atoms with E-state index >= 15 is 0 Å². The highest BCUT2D eigenvalue weighted by Gasteiger charge is 2.27. The quantitative estimate of drug-likeness (QED) is 0.928. The van der Waals surface area contributed by atoms with E-state index in [1.165, 1.54) is 11.3 Å². The van der Waals surface area contributed by atoms with Crippen molar-refractivity contribution in [2.45, 2.75) is 32.8 Å². The molecule has 0 saturated carbocycles. The maximum absolute atomic E-state index is 5.64. The number of anilines is 1. The Bertz CT molecular complexity index is 619. The Balaban J connectivity index is 1.90. The standard InChI is InChI=1S/C15H19N3O2/c1-4-19-15(2,3)14-17-13(20-18-14)11-5-6-12-10(9-11)7-8-16-12/h5-6,9,16H,4,7-8H2,1-3H3. The van der Waals surface area contributed by atoms with Crippen LogP contribution in [0.1, 0.15) is 32.2 Å². The highest BCUT2D eigenvalue weighted by Crippen LogP contribution is 2.29. The summed E-state index contributed by atoms with van der Waals surface area (Å²) in [6.45, 7) is 7.44. The van der Waals surface area contributed by atoms with Crippen molar-refractivity contribution < 1.29 is 9.26 Å². The van der Waals surface area contributed by atoms with Gasteiger partial charge in [0.05, 0.1) is 0 Å². The number of benzene rings is 1. The molecule has 0 amide bonds. The van der Waals surface area contributed by atoms with Crippen molar-refractivity contribution in [3.8, 4) is 11.5 Å². The van der Waals surface area contributed by atoms with Crippen LogP contribution in [0.2, 0.25) is 0 Å². The van der Waals surface area contributed by atoms with Crippen LogP contribution in [-0.2, 0) is 16.8 Å². The van der Waals surface area contributed by atoms with Crippen molar-refractivity contribution in [3.05, 3.63) is 29.6 Å². The average Bonchev–Trinajstić information content (AvgIpc) is 3.07. The molecule has 5 heteroatoms. The maximum Gasteiger partial charge on any atom is 0.258 e. The van der Waals surface area contributed by atoms with Gasteiger partial charge in [0.1, 0.15) is 5.60 Å². The lowest BCUT2D eigenvalue weighted by Crippen LogP contribution is -2.23. The zero-order chi connectivity index (χ0) is 14.2. The minimum atomic E-state index is -0.533. The Morgan fingerprint density at radius 1 is 1.40 bits per heavy atom. The highest BCUT2D eigenvalue weighted by atomic mass is 16.5. The molecule has 2 aromatic rings. The van der Waals surface area contributed by atoms with Gasteiger partial charge in [0.15, 0.2) is 0 Å². The molecule has 0 fully saturated rings. The van der Waals surface area contributed by atoms with E-state index in [4.69, 9.17) is 9.26 Å². The van der Waals surface area contributed by atoms with Crippen LogP contribution in [0, 0.1) is 0 Å². The van der Waals surface area contributed by atoms with Crippen LogP contribution in [0.3, 0.4) is 0 Å². The van der Waals surface area contributed by atoms with Crippen molar-refractivity contribution >= 4 is 5.69 Å². The molecule has 0 saturated heterocycles. The maximum atomic E-state index is 5.64. The number of ether oxygens (including phenoxy) is 1. The lowest BCUT2D eigenvalue weighted by atomic mass is 10.1. The zero-order valence-electron chi connectivity index (χ0n) is 12.1. The number of rotatable bonds is 4. The fourth-order valence-electron chi connectivity index (χ4n) is 2.45. The van der Waals surface area contributed by atoms with Crippen molar-refractivity contribution in [1.29, 1.82) is 0 Å². The summed E-state index contributed by atoms with van der Waals surface area (Å²) in [4.78, 5) is 4.47. The first-order valence-corrected chi connectivity index (χ1v) is 6.95. The average molecular weight is 273 g/mol. The number of aromatic nitrogens is 2. The van der Waals surface area contributed by atoms with Crippen LogP contribution in [0.25, 0.3) is 11.5 Å². The molecule has 1 aromatic heterocycles. The molecule has 1 aliphatic heterocycles. The van der Waals surface area contributed by atoms with Crippen LogP contribution in [0.5, 0.6) is 0 Å². The van der Waals surface area contributed by atoms with E-state index < -0.39 is 5.60 Å². The molecule has 0 unspecified atom stereocenters. The SMILES string of the molecule is CCOC(C)(C)c1noc(-c2ccc3c(c2)CCN3)n1. The van der Waals surface area contributed by atoms with Crippen LogP contribution in [0.15, 0.2) is 22.7 Å². The monoisotopic (exact) mass is 273 g/mol. The van der Waals surface area contributed by atoms with Crippen LogP contribution in [-0.4, -0.2) is 23.3 Å². The molecule has 1 aromatic carbocycles. The van der Waals surface area contributed by atoms with E-state index in [0.29, 0.717) is 18.3 Å². The van der Waals surface area contributed by atoms with Crippen molar-refractivity contribution in [2.75, 3.05) is 18.5 Å². The second-order valence-electron chi connectivity index (χ2n) is 5.42. The van der Waals surface area contributed by atoms with Gasteiger partial charge < -0.3 is 14.6 Å². The van der Waals surface area contributed by atoms with Crippen molar-refractivity contribution in [1.82, 2.24) is 10.1 Å². The number of hydrogen-bond acceptors (Lipinski definition) is 5. The third-order valence-electron chi connectivity index (χ3n) is 3.53. The van der Waals surface area contributed by atoms with E-state index in [2.05, 4.69) is 27.6 Å². The predicted molar refractivity (Wildman–Crippen MR) is 76.6 cm³/mol. The smallest absolute Gasteiger partial charge is 0.258 e. The first-order chi connectivity index (χ1) is 9.60. The predicted octanol–water partition coefficient (Wildman–Crippen LogP) is 2.98. The highest BCUT2D eigenvalue weighted by molar-refractivity contribution is 5.65. The molecule has 1 aliphatic rings. The Morgan fingerprint density at radius 2 is 2.25 bits per heavy atom. The van der Waals surface area contributed by atoms with Crippen LogP contribution < -0.4 is 5.32 Å². The van der Waals surface area contributed by atoms with Gasteiger partial charge in [-0.25, -0.2) is 0 Å². The second kappa shape index (κ2) is 4.90. The Morgan fingerprint density at radius 3 is 3.05 bits per heavy atom. The Kier molecular flexibility index (Phi) is 3.22. The molecule has 3 rings (SSSR count). The first-order valence-electron chi connectivity index (χ1n) is 6.95. The van der Waals surface area contributed by atoms with Gasteiger partial charge in [-0.2, -0.15) is 4.98 Å². The molecule has 0 bridgehead atoms. The summed E-state index contributed by atoms with van der Waals surface area (Å²) < 4.78 is 11.0. The minimum absolute atomic E-state index is 0.533. The molecule has 106 valence electrons. The largest absolute Gasteiger partial charge is 0.384 e. The zero-order valence-corrected chi connectivity index (χ0v) is 12.1. The Labute approximate surface area is 118 Å². The second-order valence-corrected chi connectivity index (χ2v) is 5.42. The lowest BCUT2D eigenvalue weighted by molar-refractivity contribution is -0.0221. The third-order valence-corrected chi connectivity index (χ3v) is 3.53. The van der Waals surface area contributed by atoms with E-state index in [1.807, 2.05) is 26.8 Å². The molecule has 5 nitrogen and oxygen atoms in total. The summed E-state index contributed by atoms with van der Waals surface area (Å²) in [5.74, 6) is 1.12. The Hall–Kier alpha value is -1.88. The van der Waals surface area contributed by atoms with E-state index in [9.17, 15) is 0 Å². The fraction of sp³-hybridized carbons (Fsp3) is 0.467. The van der Waals surface area contributed by atoms with Gasteiger partial charge in [-0.15, -0.1) is 0 Å². The van der Waals surface area contributed by atoms with Gasteiger partial charge in [0, 0.05) is 24.4 Å². The van der Waals surface area contributed by atoms with Crippen LogP contribution in [0.4, 0.5) is 5.69 Å². The van der Waals surface area contributed by atoms with Crippen LogP contribution >= 0.6 is 0 Å². The minimum Gasteiger partial charge on any atom is -0.384 e. The van der Waals surface area contributed by atoms with Gasteiger partial charge in [0.25, 0.3) is 5.89 Å². The molecular formula is C15H19N3O2. The molecular weight excluding hydrogens is 254 g/mol. The summed E-state index contributed by atoms with van der Waals surface area (Å²) in [5.41, 5.74) is 2.92. The van der Waals surface area contributed by atoms with Crippen molar-refractivity contribution in [2.24, 2.45) is 0 Å². The molecule has 2 heterocycles. The topological polar surface area (TPSA) is 60.2 Å². The molecule has 0 radical (unpaired) electrons. The third kappa shape index (κ3) is 2.29. The summed E-state index contributed by atoms with van der Waals surface area (Å²) in [5, 5.41) is 7.39. The number of fused-ring (bicyclic) bond motifs is 1. The molecule has 0 atom stereocenters. The molecule has 1 N–H and O–H groups in total. The van der Waals surface area contributed by atoms with E-state index in [0.717, 1.165) is 18.5 Å². The van der Waals surface area contributed by atoms with Crippen molar-refractivity contribution in [3.63, 3.8) is 0 Å². The summed E-state index contributed by atoms with van der Waals surface area (Å²) in [6, 6.07) is 6.18. The van der Waals surface area contributed by atoms with Gasteiger partial charge in [-0.1, -0.05) is 5.16 Å². The van der Waals surface area contributed by atoms with Gasteiger partial charge in [-0.3, -0.25) is 0 Å². The molecule has 0 spiro atoms. The molecule has 0 aliphatic carbocycles. The van der Waals surface area contributed by atoms with E-state index in [1.54, 1.807) is 0 Å². The summed E-state index contributed by atoms with van der Waals surface area (Å²) in [7, 11) is 0. The summed E-state index contributed by atoms with van der Waals surface area (Å²) in [6.07, 6.45) is 1.04. The van der Waals surface area contributed by atoms with Gasteiger partial charge in [0.2, 0.25) is 5.82 Å². The fourth-order valence-corrected chi connectivity index (χ4v) is 2.45. The first kappa shape index (κ1) is 13.1. The van der Waals surface area contributed by atoms with E-state index in [-0.39, 0.29) is 0 Å². The number of nitrogens with zero attached hydrogens (tertiary/aromatic N) is 2. The number of hydrogen-bond donors (Lipinski definition) is 1. The lowest BCUT2D eigenvalue weighted by Gasteiger charge is -2.19. The van der Waals surface area contributed by atoms with Gasteiger partial charge >= 0.3 is 0 Å².